The Labute approximate surface area is 112 Å². The topological polar surface area (TPSA) is 71.7 Å². The molecule has 2 rings (SSSR count). The van der Waals surface area contributed by atoms with Crippen LogP contribution in [0.3, 0.4) is 0 Å². The minimum atomic E-state index is -0.374. The standard InChI is InChI=1S/C14H21NO4/c1-9-12(14(17)18-2)7-11(19-9)8-15-13(5-6-16)10-3-4-10/h7,10,13,15-16H,3-6,8H2,1-2H3. The maximum Gasteiger partial charge on any atom is 0.341 e. The average Bonchev–Trinajstić information content (AvgIpc) is 3.17. The Balaban J connectivity index is 1.93. The number of carbonyl (C=O) groups is 1. The van der Waals surface area contributed by atoms with E-state index >= 15 is 0 Å². The second-order valence-electron chi connectivity index (χ2n) is 5.01. The molecule has 5 heteroatoms. The van der Waals surface area contributed by atoms with Gasteiger partial charge in [0, 0.05) is 12.6 Å². The van der Waals surface area contributed by atoms with Crippen LogP contribution in [0.2, 0.25) is 0 Å². The predicted molar refractivity (Wildman–Crippen MR) is 69.8 cm³/mol. The molecule has 5 nitrogen and oxygen atoms in total. The molecule has 0 aliphatic heterocycles. The number of aryl methyl sites for hydroxylation is 1. The SMILES string of the molecule is COC(=O)c1cc(CNC(CCO)C2CC2)oc1C. The maximum absolute atomic E-state index is 11.5. The first-order chi connectivity index (χ1) is 9.15. The summed E-state index contributed by atoms with van der Waals surface area (Å²) in [5, 5.41) is 12.4. The number of methoxy groups -OCH3 is 1. The Morgan fingerprint density at radius 2 is 2.37 bits per heavy atom. The van der Waals surface area contributed by atoms with E-state index in [4.69, 9.17) is 14.3 Å². The summed E-state index contributed by atoms with van der Waals surface area (Å²) in [5.74, 6) is 1.60. The van der Waals surface area contributed by atoms with E-state index in [2.05, 4.69) is 5.32 Å². The first kappa shape index (κ1) is 14.1. The van der Waals surface area contributed by atoms with Crippen molar-refractivity contribution in [2.45, 2.75) is 38.8 Å². The maximum atomic E-state index is 11.5. The van der Waals surface area contributed by atoms with Gasteiger partial charge in [-0.05, 0) is 38.2 Å². The van der Waals surface area contributed by atoms with Gasteiger partial charge in [0.2, 0.25) is 0 Å². The largest absolute Gasteiger partial charge is 0.465 e. The van der Waals surface area contributed by atoms with Gasteiger partial charge in [0.15, 0.2) is 0 Å². The molecule has 0 bridgehead atoms. The van der Waals surface area contributed by atoms with Crippen molar-refractivity contribution in [1.82, 2.24) is 5.32 Å². The van der Waals surface area contributed by atoms with E-state index in [9.17, 15) is 4.79 Å². The summed E-state index contributed by atoms with van der Waals surface area (Å²) in [5.41, 5.74) is 0.476. The molecule has 0 amide bonds. The third-order valence-electron chi connectivity index (χ3n) is 3.54. The van der Waals surface area contributed by atoms with Gasteiger partial charge in [-0.3, -0.25) is 0 Å². The van der Waals surface area contributed by atoms with Gasteiger partial charge in [0.1, 0.15) is 17.1 Å². The van der Waals surface area contributed by atoms with E-state index in [1.54, 1.807) is 13.0 Å². The molecule has 0 saturated heterocycles. The van der Waals surface area contributed by atoms with Crippen molar-refractivity contribution >= 4 is 5.97 Å². The van der Waals surface area contributed by atoms with Crippen LogP contribution in [0.25, 0.3) is 0 Å². The van der Waals surface area contributed by atoms with Gasteiger partial charge in [-0.15, -0.1) is 0 Å². The number of hydrogen-bond acceptors (Lipinski definition) is 5. The Morgan fingerprint density at radius 3 is 2.95 bits per heavy atom. The van der Waals surface area contributed by atoms with Gasteiger partial charge in [-0.25, -0.2) is 4.79 Å². The Morgan fingerprint density at radius 1 is 1.63 bits per heavy atom. The lowest BCUT2D eigenvalue weighted by Crippen LogP contribution is -2.31. The molecule has 1 atom stereocenters. The van der Waals surface area contributed by atoms with E-state index in [-0.39, 0.29) is 12.6 Å². The van der Waals surface area contributed by atoms with Crippen molar-refractivity contribution in [3.05, 3.63) is 23.2 Å². The molecule has 1 unspecified atom stereocenters. The minimum absolute atomic E-state index is 0.193. The number of esters is 1. The van der Waals surface area contributed by atoms with E-state index in [0.717, 1.165) is 12.2 Å². The van der Waals surface area contributed by atoms with Crippen LogP contribution < -0.4 is 5.32 Å². The van der Waals surface area contributed by atoms with Crippen LogP contribution in [0.15, 0.2) is 10.5 Å². The number of nitrogens with one attached hydrogen (secondary N) is 1. The number of rotatable bonds is 7. The van der Waals surface area contributed by atoms with Crippen molar-refractivity contribution < 1.29 is 19.1 Å². The Kier molecular flexibility index (Phi) is 4.61. The lowest BCUT2D eigenvalue weighted by Gasteiger charge is -2.15. The van der Waals surface area contributed by atoms with E-state index in [1.165, 1.54) is 20.0 Å². The molecular formula is C14H21NO4. The molecule has 19 heavy (non-hydrogen) atoms. The van der Waals surface area contributed by atoms with Gasteiger partial charge in [-0.1, -0.05) is 0 Å². The number of furan rings is 1. The number of hydrogen-bond donors (Lipinski definition) is 2. The van der Waals surface area contributed by atoms with Crippen molar-refractivity contribution in [2.75, 3.05) is 13.7 Å². The molecule has 1 aromatic rings. The molecule has 0 spiro atoms. The smallest absolute Gasteiger partial charge is 0.341 e. The zero-order valence-corrected chi connectivity index (χ0v) is 11.4. The molecule has 1 aliphatic rings. The molecule has 1 heterocycles. The van der Waals surface area contributed by atoms with Crippen LogP contribution in [-0.4, -0.2) is 30.8 Å². The zero-order valence-electron chi connectivity index (χ0n) is 11.4. The summed E-state index contributed by atoms with van der Waals surface area (Å²) in [4.78, 5) is 11.5. The van der Waals surface area contributed by atoms with E-state index in [1.807, 2.05) is 0 Å². The van der Waals surface area contributed by atoms with Gasteiger partial charge in [0.05, 0.1) is 13.7 Å². The highest BCUT2D eigenvalue weighted by molar-refractivity contribution is 5.90. The first-order valence-electron chi connectivity index (χ1n) is 6.67. The molecule has 1 aliphatic carbocycles. The molecule has 106 valence electrons. The van der Waals surface area contributed by atoms with Crippen molar-refractivity contribution in [2.24, 2.45) is 5.92 Å². The fourth-order valence-corrected chi connectivity index (χ4v) is 2.32. The number of aliphatic hydroxyl groups excluding tert-OH is 1. The second-order valence-corrected chi connectivity index (χ2v) is 5.01. The molecule has 2 N–H and O–H groups in total. The zero-order chi connectivity index (χ0) is 13.8. The van der Waals surface area contributed by atoms with Gasteiger partial charge < -0.3 is 19.6 Å². The minimum Gasteiger partial charge on any atom is -0.465 e. The highest BCUT2D eigenvalue weighted by Crippen LogP contribution is 2.34. The average molecular weight is 267 g/mol. The highest BCUT2D eigenvalue weighted by atomic mass is 16.5. The third kappa shape index (κ3) is 3.58. The van der Waals surface area contributed by atoms with Crippen molar-refractivity contribution in [1.29, 1.82) is 0 Å². The second kappa shape index (κ2) is 6.21. The lowest BCUT2D eigenvalue weighted by molar-refractivity contribution is 0.0599. The van der Waals surface area contributed by atoms with Crippen molar-refractivity contribution in [3.63, 3.8) is 0 Å². The van der Waals surface area contributed by atoms with Crippen LogP contribution in [0, 0.1) is 12.8 Å². The van der Waals surface area contributed by atoms with Gasteiger partial charge in [-0.2, -0.15) is 0 Å². The van der Waals surface area contributed by atoms with Crippen LogP contribution in [0.4, 0.5) is 0 Å². The van der Waals surface area contributed by atoms with Crippen molar-refractivity contribution in [3.8, 4) is 0 Å². The molecule has 0 radical (unpaired) electrons. The normalized spacial score (nSPS) is 16.4. The predicted octanol–water partition coefficient (Wildman–Crippen LogP) is 1.63. The molecule has 1 fully saturated rings. The fourth-order valence-electron chi connectivity index (χ4n) is 2.32. The fraction of sp³-hybridized carbons (Fsp3) is 0.643. The summed E-state index contributed by atoms with van der Waals surface area (Å²) in [7, 11) is 1.36. The number of carbonyl (C=O) groups excluding carboxylic acids is 1. The van der Waals surface area contributed by atoms with E-state index in [0.29, 0.717) is 29.8 Å². The quantitative estimate of drug-likeness (QED) is 0.735. The Hall–Kier alpha value is -1.33. The summed E-state index contributed by atoms with van der Waals surface area (Å²) in [6, 6.07) is 2.05. The summed E-state index contributed by atoms with van der Waals surface area (Å²) < 4.78 is 10.2. The van der Waals surface area contributed by atoms with Crippen LogP contribution in [0.5, 0.6) is 0 Å². The summed E-state index contributed by atoms with van der Waals surface area (Å²) in [6.07, 6.45) is 3.21. The van der Waals surface area contributed by atoms with E-state index < -0.39 is 0 Å². The van der Waals surface area contributed by atoms with Gasteiger partial charge in [0.25, 0.3) is 0 Å². The number of ether oxygens (including phenoxy) is 1. The van der Waals surface area contributed by atoms with Gasteiger partial charge >= 0.3 is 5.97 Å². The monoisotopic (exact) mass is 267 g/mol. The Bertz CT molecular complexity index is 437. The molecule has 1 aromatic heterocycles. The molecule has 0 aromatic carbocycles. The molecular weight excluding hydrogens is 246 g/mol. The third-order valence-corrected chi connectivity index (χ3v) is 3.54. The lowest BCUT2D eigenvalue weighted by atomic mass is 10.1. The summed E-state index contributed by atoms with van der Waals surface area (Å²) >= 11 is 0. The van der Waals surface area contributed by atoms with Crippen LogP contribution in [0.1, 0.15) is 41.1 Å². The highest BCUT2D eigenvalue weighted by Gasteiger charge is 2.30. The number of aliphatic hydroxyl groups is 1. The van der Waals surface area contributed by atoms with Crippen LogP contribution >= 0.6 is 0 Å². The summed E-state index contributed by atoms with van der Waals surface area (Å²) in [6.45, 7) is 2.51. The van der Waals surface area contributed by atoms with Crippen LogP contribution in [-0.2, 0) is 11.3 Å². The molecule has 1 saturated carbocycles. The first-order valence-corrected chi connectivity index (χ1v) is 6.67.